The Kier molecular flexibility index (Phi) is 7.20. The molecule has 27 heavy (non-hydrogen) atoms. The summed E-state index contributed by atoms with van der Waals surface area (Å²) in [4.78, 5) is 14.9. The van der Waals surface area contributed by atoms with Crippen molar-refractivity contribution in [1.29, 1.82) is 0 Å². The Morgan fingerprint density at radius 3 is 1.63 bits per heavy atom. The molecule has 0 aliphatic carbocycles. The van der Waals surface area contributed by atoms with Crippen molar-refractivity contribution in [2.45, 2.75) is 71.7 Å². The van der Waals surface area contributed by atoms with E-state index in [0.29, 0.717) is 6.42 Å². The smallest absolute Gasteiger partial charge is 0.307 e. The molecular formula is C24H33NO2. The van der Waals surface area contributed by atoms with Gasteiger partial charge in [-0.3, -0.25) is 9.69 Å². The molecule has 0 saturated heterocycles. The second-order valence-corrected chi connectivity index (χ2v) is 8.26. The first kappa shape index (κ1) is 21.2. The van der Waals surface area contributed by atoms with Crippen LogP contribution in [0.5, 0.6) is 0 Å². The Labute approximate surface area is 164 Å². The Bertz CT molecular complexity index is 661. The minimum absolute atomic E-state index is 0.0465. The first-order chi connectivity index (χ1) is 12.7. The fraction of sp³-hybridized carbons (Fsp3) is 0.458. The van der Waals surface area contributed by atoms with E-state index in [-0.39, 0.29) is 24.1 Å². The average Bonchev–Trinajstić information content (AvgIpc) is 2.61. The van der Waals surface area contributed by atoms with E-state index in [1.165, 1.54) is 11.1 Å². The van der Waals surface area contributed by atoms with E-state index >= 15 is 0 Å². The Hall–Kier alpha value is -2.13. The molecular weight excluding hydrogens is 334 g/mol. The molecule has 2 aromatic carbocycles. The third kappa shape index (κ3) is 6.21. The molecule has 3 nitrogen and oxygen atoms in total. The summed E-state index contributed by atoms with van der Waals surface area (Å²) in [7, 11) is 0. The molecule has 3 atom stereocenters. The van der Waals surface area contributed by atoms with Crippen LogP contribution in [0.2, 0.25) is 0 Å². The predicted octanol–water partition coefficient (Wildman–Crippen LogP) is 5.93. The quantitative estimate of drug-likeness (QED) is 0.568. The van der Waals surface area contributed by atoms with E-state index in [1.54, 1.807) is 0 Å². The van der Waals surface area contributed by atoms with Gasteiger partial charge >= 0.3 is 5.97 Å². The van der Waals surface area contributed by atoms with Crippen molar-refractivity contribution >= 4 is 5.97 Å². The van der Waals surface area contributed by atoms with Crippen LogP contribution in [0.4, 0.5) is 0 Å². The SMILES string of the molecule is CC(CC(=O)OC(C)(C)C)N([C@H](C)c1ccccc1)[C@H](C)c1ccccc1. The third-order valence-electron chi connectivity index (χ3n) is 4.85. The highest BCUT2D eigenvalue weighted by molar-refractivity contribution is 5.70. The second-order valence-electron chi connectivity index (χ2n) is 8.26. The number of hydrogen-bond donors (Lipinski definition) is 0. The highest BCUT2D eigenvalue weighted by Gasteiger charge is 2.30. The molecule has 2 rings (SSSR count). The van der Waals surface area contributed by atoms with Crippen molar-refractivity contribution in [3.8, 4) is 0 Å². The maximum Gasteiger partial charge on any atom is 0.307 e. The topological polar surface area (TPSA) is 29.5 Å². The number of hydrogen-bond acceptors (Lipinski definition) is 3. The van der Waals surface area contributed by atoms with E-state index < -0.39 is 5.60 Å². The van der Waals surface area contributed by atoms with Gasteiger partial charge in [-0.25, -0.2) is 0 Å². The van der Waals surface area contributed by atoms with Gasteiger partial charge in [-0.1, -0.05) is 60.7 Å². The fourth-order valence-electron chi connectivity index (χ4n) is 3.64. The number of ether oxygens (including phenoxy) is 1. The molecule has 3 heteroatoms. The fourth-order valence-corrected chi connectivity index (χ4v) is 3.64. The first-order valence-electron chi connectivity index (χ1n) is 9.78. The van der Waals surface area contributed by atoms with Crippen molar-refractivity contribution < 1.29 is 9.53 Å². The summed E-state index contributed by atoms with van der Waals surface area (Å²) in [5, 5.41) is 0. The van der Waals surface area contributed by atoms with Crippen molar-refractivity contribution in [2.75, 3.05) is 0 Å². The number of esters is 1. The molecule has 0 bridgehead atoms. The first-order valence-corrected chi connectivity index (χ1v) is 9.78. The average molecular weight is 368 g/mol. The van der Waals surface area contributed by atoms with Crippen LogP contribution in [-0.2, 0) is 9.53 Å². The lowest BCUT2D eigenvalue weighted by Crippen LogP contribution is -2.40. The number of carbonyl (C=O) groups is 1. The zero-order valence-electron chi connectivity index (χ0n) is 17.5. The normalized spacial score (nSPS) is 15.2. The molecule has 1 unspecified atom stereocenters. The molecule has 0 heterocycles. The minimum atomic E-state index is -0.461. The maximum absolute atomic E-state index is 12.4. The Morgan fingerprint density at radius 2 is 1.26 bits per heavy atom. The van der Waals surface area contributed by atoms with Gasteiger partial charge < -0.3 is 4.74 Å². The molecule has 0 aliphatic heterocycles. The zero-order valence-corrected chi connectivity index (χ0v) is 17.5. The van der Waals surface area contributed by atoms with Crippen molar-refractivity contribution in [2.24, 2.45) is 0 Å². The monoisotopic (exact) mass is 367 g/mol. The number of rotatable bonds is 7. The largest absolute Gasteiger partial charge is 0.460 e. The summed E-state index contributed by atoms with van der Waals surface area (Å²) in [6.45, 7) is 12.3. The van der Waals surface area contributed by atoms with Gasteiger partial charge in [0.1, 0.15) is 5.60 Å². The summed E-state index contributed by atoms with van der Waals surface area (Å²) >= 11 is 0. The molecule has 0 aromatic heterocycles. The van der Waals surface area contributed by atoms with Crippen LogP contribution in [0.15, 0.2) is 60.7 Å². The lowest BCUT2D eigenvalue weighted by molar-refractivity contribution is -0.156. The van der Waals surface area contributed by atoms with Crippen LogP contribution < -0.4 is 0 Å². The summed E-state index contributed by atoms with van der Waals surface area (Å²) in [6, 6.07) is 21.3. The lowest BCUT2D eigenvalue weighted by atomic mass is 9.98. The molecule has 0 N–H and O–H groups in total. The highest BCUT2D eigenvalue weighted by Crippen LogP contribution is 2.33. The Morgan fingerprint density at radius 1 is 0.852 bits per heavy atom. The molecule has 0 spiro atoms. The number of benzene rings is 2. The van der Waals surface area contributed by atoms with Gasteiger partial charge in [0.2, 0.25) is 0 Å². The number of carbonyl (C=O) groups excluding carboxylic acids is 1. The van der Waals surface area contributed by atoms with Crippen molar-refractivity contribution in [3.63, 3.8) is 0 Å². The molecule has 146 valence electrons. The van der Waals surface area contributed by atoms with Crippen LogP contribution in [0, 0.1) is 0 Å². The summed E-state index contributed by atoms with van der Waals surface area (Å²) in [5.74, 6) is -0.152. The van der Waals surface area contributed by atoms with Gasteiger partial charge in [0, 0.05) is 18.1 Å². The van der Waals surface area contributed by atoms with E-state index in [1.807, 2.05) is 32.9 Å². The standard InChI is InChI=1S/C24H33NO2/c1-18(17-23(26)27-24(4,5)6)25(19(2)21-13-9-7-10-14-21)20(3)22-15-11-8-12-16-22/h7-16,18-20H,17H2,1-6H3/t18?,19-,20-/m1/s1. The summed E-state index contributed by atoms with van der Waals surface area (Å²) in [5.41, 5.74) is 2.03. The Balaban J connectivity index is 2.27. The number of nitrogens with zero attached hydrogens (tertiary/aromatic N) is 1. The van der Waals surface area contributed by atoms with Gasteiger partial charge in [-0.05, 0) is 52.7 Å². The van der Waals surface area contributed by atoms with Crippen LogP contribution in [0.1, 0.15) is 71.2 Å². The van der Waals surface area contributed by atoms with Gasteiger partial charge in [0.05, 0.1) is 6.42 Å². The zero-order chi connectivity index (χ0) is 20.0. The third-order valence-corrected chi connectivity index (χ3v) is 4.85. The minimum Gasteiger partial charge on any atom is -0.460 e. The molecule has 0 saturated carbocycles. The predicted molar refractivity (Wildman–Crippen MR) is 111 cm³/mol. The molecule has 0 amide bonds. The van der Waals surface area contributed by atoms with E-state index in [4.69, 9.17) is 4.74 Å². The molecule has 0 radical (unpaired) electrons. The highest BCUT2D eigenvalue weighted by atomic mass is 16.6. The van der Waals surface area contributed by atoms with Gasteiger partial charge in [0.25, 0.3) is 0 Å². The molecule has 0 fully saturated rings. The van der Waals surface area contributed by atoms with Crippen molar-refractivity contribution in [3.05, 3.63) is 71.8 Å². The summed E-state index contributed by atoms with van der Waals surface area (Å²) in [6.07, 6.45) is 0.367. The molecule has 2 aromatic rings. The van der Waals surface area contributed by atoms with Gasteiger partial charge in [0.15, 0.2) is 0 Å². The van der Waals surface area contributed by atoms with Crippen LogP contribution >= 0.6 is 0 Å². The lowest BCUT2D eigenvalue weighted by Gasteiger charge is -2.40. The van der Waals surface area contributed by atoms with E-state index in [9.17, 15) is 4.79 Å². The van der Waals surface area contributed by atoms with E-state index in [0.717, 1.165) is 0 Å². The second kappa shape index (κ2) is 9.18. The van der Waals surface area contributed by atoms with Crippen LogP contribution in [-0.4, -0.2) is 22.5 Å². The van der Waals surface area contributed by atoms with Crippen LogP contribution in [0.3, 0.4) is 0 Å². The van der Waals surface area contributed by atoms with E-state index in [2.05, 4.69) is 74.2 Å². The van der Waals surface area contributed by atoms with Gasteiger partial charge in [-0.2, -0.15) is 0 Å². The summed E-state index contributed by atoms with van der Waals surface area (Å²) < 4.78 is 5.56. The van der Waals surface area contributed by atoms with Gasteiger partial charge in [-0.15, -0.1) is 0 Å². The maximum atomic E-state index is 12.4. The van der Waals surface area contributed by atoms with Crippen molar-refractivity contribution in [1.82, 2.24) is 4.90 Å². The van der Waals surface area contributed by atoms with Crippen LogP contribution in [0.25, 0.3) is 0 Å². The molecule has 0 aliphatic rings.